The van der Waals surface area contributed by atoms with Crippen molar-refractivity contribution in [3.05, 3.63) is 35.9 Å². The van der Waals surface area contributed by atoms with Gasteiger partial charge in [-0.15, -0.1) is 0 Å². The van der Waals surface area contributed by atoms with Gasteiger partial charge in [-0.2, -0.15) is 0 Å². The Bertz CT molecular complexity index is 965. The number of nitrogens with two attached hydrogens (primary N) is 1. The minimum absolute atomic E-state index is 0.00179. The van der Waals surface area contributed by atoms with Crippen LogP contribution in [0.25, 0.3) is 0 Å². The maximum Gasteiger partial charge on any atom is 0.410 e. The molecule has 2 fully saturated rings. The molecule has 0 saturated carbocycles. The summed E-state index contributed by atoms with van der Waals surface area (Å²) in [6.07, 6.45) is 1.34. The highest BCUT2D eigenvalue weighted by atomic mass is 16.6. The Morgan fingerprint density at radius 3 is 1.73 bits per heavy atom. The van der Waals surface area contributed by atoms with E-state index in [-0.39, 0.29) is 29.1 Å². The van der Waals surface area contributed by atoms with E-state index in [9.17, 15) is 9.59 Å². The quantitative estimate of drug-likeness (QED) is 0.447. The standard InChI is InChI=1S/C20H32N2O2.C12H24N2O2/c1-15(16-10-8-7-9-11-16)21-17-12-13-22(14-20(17,5)6)18(23)24-19(2,3)4;1-11(2,3)16-10(15)14-7-6-9(13)12(4,5)8-14/h7-11,15,17,21H,12-14H2,1-6H3;9H,6-8,13H2,1-5H3/t15-,17-;9-/m11/s1. The second-order valence-corrected chi connectivity index (χ2v) is 14.8. The van der Waals surface area contributed by atoms with Crippen LogP contribution in [-0.2, 0) is 9.47 Å². The molecule has 0 radical (unpaired) electrons. The minimum atomic E-state index is -0.446. The number of rotatable bonds is 3. The summed E-state index contributed by atoms with van der Waals surface area (Å²) in [6, 6.07) is 11.3. The van der Waals surface area contributed by atoms with Crippen molar-refractivity contribution in [3.63, 3.8) is 0 Å². The summed E-state index contributed by atoms with van der Waals surface area (Å²) in [5.74, 6) is 0. The number of piperidine rings is 2. The first-order chi connectivity index (χ1) is 18.2. The molecule has 0 aromatic heterocycles. The molecule has 0 unspecified atom stereocenters. The van der Waals surface area contributed by atoms with Crippen molar-refractivity contribution < 1.29 is 19.1 Å². The lowest BCUT2D eigenvalue weighted by Crippen LogP contribution is -2.56. The molecule has 228 valence electrons. The van der Waals surface area contributed by atoms with Gasteiger partial charge in [0.25, 0.3) is 0 Å². The average Bonchev–Trinajstić information content (AvgIpc) is 2.80. The highest BCUT2D eigenvalue weighted by Gasteiger charge is 2.39. The lowest BCUT2D eigenvalue weighted by molar-refractivity contribution is 0.00119. The normalized spacial score (nSPS) is 23.4. The van der Waals surface area contributed by atoms with Crippen LogP contribution in [0.1, 0.15) is 101 Å². The number of nitrogens with zero attached hydrogens (tertiary/aromatic N) is 2. The monoisotopic (exact) mass is 560 g/mol. The molecule has 3 rings (SSSR count). The van der Waals surface area contributed by atoms with Crippen LogP contribution in [0.4, 0.5) is 9.59 Å². The number of hydrogen-bond donors (Lipinski definition) is 2. The van der Waals surface area contributed by atoms with Gasteiger partial charge in [0.2, 0.25) is 0 Å². The predicted octanol–water partition coefficient (Wildman–Crippen LogP) is 6.35. The Morgan fingerprint density at radius 1 is 0.850 bits per heavy atom. The van der Waals surface area contributed by atoms with Crippen LogP contribution in [0, 0.1) is 10.8 Å². The lowest BCUT2D eigenvalue weighted by atomic mass is 9.78. The number of likely N-dealkylation sites (tertiary alicyclic amines) is 2. The molecule has 1 aromatic carbocycles. The summed E-state index contributed by atoms with van der Waals surface area (Å²) in [7, 11) is 0. The third kappa shape index (κ3) is 10.6. The van der Waals surface area contributed by atoms with Crippen LogP contribution in [0.15, 0.2) is 30.3 Å². The van der Waals surface area contributed by atoms with Gasteiger partial charge in [0.15, 0.2) is 0 Å². The highest BCUT2D eigenvalue weighted by molar-refractivity contribution is 5.68. The first-order valence-electron chi connectivity index (χ1n) is 14.7. The van der Waals surface area contributed by atoms with E-state index < -0.39 is 11.2 Å². The van der Waals surface area contributed by atoms with Gasteiger partial charge >= 0.3 is 12.2 Å². The van der Waals surface area contributed by atoms with Gasteiger partial charge in [-0.3, -0.25) is 0 Å². The third-order valence-corrected chi connectivity index (χ3v) is 7.60. The maximum absolute atomic E-state index is 12.3. The predicted molar refractivity (Wildman–Crippen MR) is 162 cm³/mol. The fourth-order valence-electron chi connectivity index (χ4n) is 5.14. The number of hydrogen-bond acceptors (Lipinski definition) is 6. The number of carbonyl (C=O) groups excluding carboxylic acids is 2. The van der Waals surface area contributed by atoms with Gasteiger partial charge in [-0.05, 0) is 77.7 Å². The third-order valence-electron chi connectivity index (χ3n) is 7.60. The van der Waals surface area contributed by atoms with Crippen molar-refractivity contribution in [2.75, 3.05) is 26.2 Å². The molecule has 2 heterocycles. The second kappa shape index (κ2) is 13.1. The van der Waals surface area contributed by atoms with E-state index in [2.05, 4.69) is 64.2 Å². The van der Waals surface area contributed by atoms with E-state index in [1.165, 1.54) is 5.56 Å². The van der Waals surface area contributed by atoms with Crippen molar-refractivity contribution in [2.45, 2.75) is 118 Å². The van der Waals surface area contributed by atoms with E-state index in [1.807, 2.05) is 52.5 Å². The van der Waals surface area contributed by atoms with Crippen molar-refractivity contribution in [1.82, 2.24) is 15.1 Å². The van der Waals surface area contributed by atoms with E-state index >= 15 is 0 Å². The van der Waals surface area contributed by atoms with E-state index in [1.54, 1.807) is 4.90 Å². The smallest absolute Gasteiger partial charge is 0.410 e. The SMILES string of the molecule is CC(C)(C)OC(=O)N1CC[C@@H](N)C(C)(C)C1.C[C@@H](N[C@@H]1CCN(C(=O)OC(C)(C)C)CC1(C)C)c1ccccc1. The van der Waals surface area contributed by atoms with Crippen LogP contribution < -0.4 is 11.1 Å². The summed E-state index contributed by atoms with van der Waals surface area (Å²) >= 11 is 0. The summed E-state index contributed by atoms with van der Waals surface area (Å²) in [4.78, 5) is 27.8. The lowest BCUT2D eigenvalue weighted by Gasteiger charge is -2.45. The molecule has 2 saturated heterocycles. The zero-order valence-electron chi connectivity index (χ0n) is 27.0. The minimum Gasteiger partial charge on any atom is -0.444 e. The molecule has 2 aliphatic heterocycles. The average molecular weight is 561 g/mol. The first kappa shape index (κ1) is 33.9. The molecule has 3 atom stereocenters. The number of carbonyl (C=O) groups is 2. The number of ether oxygens (including phenoxy) is 2. The first-order valence-corrected chi connectivity index (χ1v) is 14.7. The van der Waals surface area contributed by atoms with Gasteiger partial charge < -0.3 is 30.3 Å². The van der Waals surface area contributed by atoms with Crippen LogP contribution in [0.5, 0.6) is 0 Å². The maximum atomic E-state index is 12.3. The molecule has 0 aliphatic carbocycles. The Hall–Kier alpha value is -2.32. The fraction of sp³-hybridized carbons (Fsp3) is 0.750. The zero-order valence-corrected chi connectivity index (χ0v) is 27.0. The van der Waals surface area contributed by atoms with Crippen molar-refractivity contribution in [2.24, 2.45) is 16.6 Å². The summed E-state index contributed by atoms with van der Waals surface area (Å²) in [6.45, 7) is 25.0. The van der Waals surface area contributed by atoms with Crippen LogP contribution >= 0.6 is 0 Å². The molecular formula is C32H56N4O4. The van der Waals surface area contributed by atoms with Crippen molar-refractivity contribution in [3.8, 4) is 0 Å². The molecule has 8 nitrogen and oxygen atoms in total. The van der Waals surface area contributed by atoms with Crippen LogP contribution in [0.2, 0.25) is 0 Å². The zero-order chi connectivity index (χ0) is 30.5. The fourth-order valence-corrected chi connectivity index (χ4v) is 5.14. The Kier molecular flexibility index (Phi) is 11.1. The molecule has 8 heteroatoms. The number of nitrogens with one attached hydrogen (secondary N) is 1. The van der Waals surface area contributed by atoms with Crippen LogP contribution in [-0.4, -0.2) is 71.5 Å². The molecule has 0 bridgehead atoms. The van der Waals surface area contributed by atoms with E-state index in [0.717, 1.165) is 19.4 Å². The Morgan fingerprint density at radius 2 is 1.30 bits per heavy atom. The van der Waals surface area contributed by atoms with Gasteiger partial charge in [0, 0.05) is 44.3 Å². The highest BCUT2D eigenvalue weighted by Crippen LogP contribution is 2.32. The molecule has 0 spiro atoms. The molecule has 2 aliphatic rings. The van der Waals surface area contributed by atoms with Gasteiger partial charge in [-0.1, -0.05) is 58.0 Å². The summed E-state index contributed by atoms with van der Waals surface area (Å²) < 4.78 is 10.9. The Labute approximate surface area is 243 Å². The van der Waals surface area contributed by atoms with Gasteiger partial charge in [0.1, 0.15) is 11.2 Å². The second-order valence-electron chi connectivity index (χ2n) is 14.8. The molecule has 2 amide bonds. The van der Waals surface area contributed by atoms with E-state index in [4.69, 9.17) is 15.2 Å². The van der Waals surface area contributed by atoms with Gasteiger partial charge in [-0.25, -0.2) is 9.59 Å². The molecule has 1 aromatic rings. The van der Waals surface area contributed by atoms with E-state index in [0.29, 0.717) is 31.7 Å². The van der Waals surface area contributed by atoms with Crippen molar-refractivity contribution >= 4 is 12.2 Å². The summed E-state index contributed by atoms with van der Waals surface area (Å²) in [5.41, 5.74) is 6.41. The number of amides is 2. The largest absolute Gasteiger partial charge is 0.444 e. The van der Waals surface area contributed by atoms with Gasteiger partial charge in [0.05, 0.1) is 0 Å². The van der Waals surface area contributed by atoms with Crippen LogP contribution in [0.3, 0.4) is 0 Å². The molecular weight excluding hydrogens is 504 g/mol. The topological polar surface area (TPSA) is 97.1 Å². The Balaban J connectivity index is 0.000000305. The van der Waals surface area contributed by atoms with Crippen molar-refractivity contribution in [1.29, 1.82) is 0 Å². The number of benzene rings is 1. The molecule has 40 heavy (non-hydrogen) atoms. The molecule has 3 N–H and O–H groups in total. The summed E-state index contributed by atoms with van der Waals surface area (Å²) in [5, 5.41) is 3.75.